The first-order chi connectivity index (χ1) is 13.6. The second kappa shape index (κ2) is 8.10. The van der Waals surface area contributed by atoms with Gasteiger partial charge in [-0.1, -0.05) is 6.07 Å². The Balaban J connectivity index is 1.91. The van der Waals surface area contributed by atoms with Crippen LogP contribution < -0.4 is 5.56 Å². The van der Waals surface area contributed by atoms with Gasteiger partial charge in [0.05, 0.1) is 18.0 Å². The lowest BCUT2D eigenvalue weighted by Crippen LogP contribution is -2.27. The monoisotopic (exact) mass is 433 g/mol. The van der Waals surface area contributed by atoms with Crippen LogP contribution in [0.15, 0.2) is 51.6 Å². The molecule has 0 aliphatic rings. The summed E-state index contributed by atoms with van der Waals surface area (Å²) >= 11 is 1.65. The lowest BCUT2D eigenvalue weighted by molar-refractivity contribution is 0.0970. The molecular weight excluding hydrogens is 410 g/mol. The van der Waals surface area contributed by atoms with Gasteiger partial charge in [-0.3, -0.25) is 9.59 Å². The maximum atomic E-state index is 12.9. The number of thiophene rings is 1. The number of carbonyl (C=O) groups is 1. The second-order valence-corrected chi connectivity index (χ2v) is 10.2. The van der Waals surface area contributed by atoms with Crippen LogP contribution in [0.25, 0.3) is 0 Å². The van der Waals surface area contributed by atoms with Gasteiger partial charge in [-0.15, -0.1) is 11.3 Å². The molecule has 0 amide bonds. The maximum absolute atomic E-state index is 12.9. The summed E-state index contributed by atoms with van der Waals surface area (Å²) in [7, 11) is -0.867. The SMILES string of the molecule is Cc1cc(C(=O)Cn2cc(S(=O)(=O)N(C)C)ccc2=O)c(C)n1Cc1cccs1. The number of nitrogens with zero attached hydrogens (tertiary/aromatic N) is 3. The molecule has 0 saturated carbocycles. The summed E-state index contributed by atoms with van der Waals surface area (Å²) in [5, 5.41) is 2.01. The number of sulfonamides is 1. The molecule has 3 rings (SSSR count). The first-order valence-corrected chi connectivity index (χ1v) is 11.3. The minimum absolute atomic E-state index is 0.0296. The summed E-state index contributed by atoms with van der Waals surface area (Å²) < 4.78 is 28.9. The minimum atomic E-state index is -3.70. The van der Waals surface area contributed by atoms with Crippen LogP contribution in [0, 0.1) is 13.8 Å². The van der Waals surface area contributed by atoms with Crippen molar-refractivity contribution in [2.45, 2.75) is 31.8 Å². The van der Waals surface area contributed by atoms with Crippen LogP contribution in [0.5, 0.6) is 0 Å². The van der Waals surface area contributed by atoms with Crippen molar-refractivity contribution in [1.82, 2.24) is 13.4 Å². The second-order valence-electron chi connectivity index (χ2n) is 6.99. The molecule has 0 radical (unpaired) electrons. The van der Waals surface area contributed by atoms with Crippen molar-refractivity contribution in [3.63, 3.8) is 0 Å². The molecule has 0 N–H and O–H groups in total. The van der Waals surface area contributed by atoms with Gasteiger partial charge in [0.2, 0.25) is 10.0 Å². The van der Waals surface area contributed by atoms with E-state index >= 15 is 0 Å². The summed E-state index contributed by atoms with van der Waals surface area (Å²) in [5.41, 5.74) is 1.89. The normalized spacial score (nSPS) is 11.9. The predicted molar refractivity (Wildman–Crippen MR) is 113 cm³/mol. The number of carbonyl (C=O) groups excluding carboxylic acids is 1. The van der Waals surface area contributed by atoms with E-state index in [1.807, 2.05) is 37.4 Å². The van der Waals surface area contributed by atoms with Gasteiger partial charge in [0, 0.05) is 48.2 Å². The Morgan fingerprint density at radius 3 is 2.52 bits per heavy atom. The average molecular weight is 434 g/mol. The van der Waals surface area contributed by atoms with Gasteiger partial charge in [-0.05, 0) is 37.4 Å². The van der Waals surface area contributed by atoms with E-state index in [0.29, 0.717) is 12.1 Å². The third-order valence-corrected chi connectivity index (χ3v) is 7.48. The first kappa shape index (κ1) is 21.2. The largest absolute Gasteiger partial charge is 0.343 e. The van der Waals surface area contributed by atoms with E-state index in [4.69, 9.17) is 0 Å². The fraction of sp³-hybridized carbons (Fsp3) is 0.300. The van der Waals surface area contributed by atoms with Gasteiger partial charge in [0.1, 0.15) is 0 Å². The van der Waals surface area contributed by atoms with E-state index in [1.165, 1.54) is 37.3 Å². The van der Waals surface area contributed by atoms with Crippen molar-refractivity contribution in [2.75, 3.05) is 14.1 Å². The Morgan fingerprint density at radius 2 is 1.90 bits per heavy atom. The highest BCUT2D eigenvalue weighted by Crippen LogP contribution is 2.20. The van der Waals surface area contributed by atoms with E-state index in [2.05, 4.69) is 4.57 Å². The third kappa shape index (κ3) is 4.26. The lowest BCUT2D eigenvalue weighted by Gasteiger charge is -2.13. The number of pyridine rings is 1. The fourth-order valence-corrected chi connectivity index (χ4v) is 4.74. The molecule has 3 aromatic rings. The Kier molecular flexibility index (Phi) is 5.92. The molecular formula is C20H23N3O4S2. The van der Waals surface area contributed by atoms with Gasteiger partial charge in [-0.2, -0.15) is 0 Å². The quantitative estimate of drug-likeness (QED) is 0.536. The molecule has 0 saturated heterocycles. The number of rotatable bonds is 7. The molecule has 7 nitrogen and oxygen atoms in total. The first-order valence-electron chi connectivity index (χ1n) is 8.96. The van der Waals surface area contributed by atoms with Crippen molar-refractivity contribution in [3.05, 3.63) is 74.1 Å². The van der Waals surface area contributed by atoms with Crippen molar-refractivity contribution in [1.29, 1.82) is 0 Å². The zero-order valence-corrected chi connectivity index (χ0v) is 18.4. The topological polar surface area (TPSA) is 81.4 Å². The maximum Gasteiger partial charge on any atom is 0.251 e. The van der Waals surface area contributed by atoms with Crippen molar-refractivity contribution >= 4 is 27.1 Å². The predicted octanol–water partition coefficient (Wildman–Crippen LogP) is 2.51. The zero-order valence-electron chi connectivity index (χ0n) is 16.7. The zero-order chi connectivity index (χ0) is 21.3. The number of Topliss-reactive ketones (excluding diaryl/α,β-unsaturated/α-hetero) is 1. The molecule has 0 aromatic carbocycles. The lowest BCUT2D eigenvalue weighted by atomic mass is 10.1. The molecule has 0 aliphatic heterocycles. The number of hydrogen-bond donors (Lipinski definition) is 0. The van der Waals surface area contributed by atoms with Gasteiger partial charge < -0.3 is 9.13 Å². The standard InChI is InChI=1S/C20H23N3O4S2/c1-14-10-18(15(2)23(14)11-16-6-5-9-28-16)19(24)13-22-12-17(7-8-20(22)25)29(26,27)21(3)4/h5-10,12H,11,13H2,1-4H3. The van der Waals surface area contributed by atoms with Crippen molar-refractivity contribution in [3.8, 4) is 0 Å². The summed E-state index contributed by atoms with van der Waals surface area (Å²) in [5.74, 6) is -0.239. The number of aryl methyl sites for hydroxylation is 1. The Morgan fingerprint density at radius 1 is 1.17 bits per heavy atom. The Labute approximate surface area is 173 Å². The molecule has 154 valence electrons. The molecule has 0 atom stereocenters. The van der Waals surface area contributed by atoms with Crippen molar-refractivity contribution < 1.29 is 13.2 Å². The molecule has 29 heavy (non-hydrogen) atoms. The van der Waals surface area contributed by atoms with E-state index in [9.17, 15) is 18.0 Å². The van der Waals surface area contributed by atoms with Gasteiger partial charge in [0.25, 0.3) is 5.56 Å². The molecule has 0 bridgehead atoms. The van der Waals surface area contributed by atoms with E-state index in [-0.39, 0.29) is 17.2 Å². The molecule has 0 spiro atoms. The molecule has 3 aromatic heterocycles. The van der Waals surface area contributed by atoms with Crippen LogP contribution >= 0.6 is 11.3 Å². The highest BCUT2D eigenvalue weighted by atomic mass is 32.2. The van der Waals surface area contributed by atoms with Crippen LogP contribution in [0.1, 0.15) is 26.6 Å². The molecule has 0 fully saturated rings. The van der Waals surface area contributed by atoms with E-state index in [0.717, 1.165) is 20.3 Å². The smallest absolute Gasteiger partial charge is 0.251 e. The molecule has 0 aliphatic carbocycles. The number of ketones is 1. The van der Waals surface area contributed by atoms with Crippen molar-refractivity contribution in [2.24, 2.45) is 0 Å². The van der Waals surface area contributed by atoms with Crippen LogP contribution in [0.2, 0.25) is 0 Å². The van der Waals surface area contributed by atoms with E-state index < -0.39 is 15.6 Å². The van der Waals surface area contributed by atoms with E-state index in [1.54, 1.807) is 11.3 Å². The summed E-state index contributed by atoms with van der Waals surface area (Å²) in [6.45, 7) is 4.27. The highest BCUT2D eigenvalue weighted by molar-refractivity contribution is 7.89. The Hall–Kier alpha value is -2.49. The van der Waals surface area contributed by atoms with Gasteiger partial charge >= 0.3 is 0 Å². The minimum Gasteiger partial charge on any atom is -0.343 e. The molecule has 0 unspecified atom stereocenters. The summed E-state index contributed by atoms with van der Waals surface area (Å²) in [6.07, 6.45) is 1.22. The average Bonchev–Trinajstić information content (AvgIpc) is 3.27. The third-order valence-electron chi connectivity index (χ3n) is 4.82. The van der Waals surface area contributed by atoms with Crippen LogP contribution in [-0.4, -0.2) is 41.7 Å². The molecule has 3 heterocycles. The number of aromatic nitrogens is 2. The number of hydrogen-bond acceptors (Lipinski definition) is 5. The van der Waals surface area contributed by atoms with Crippen LogP contribution in [0.3, 0.4) is 0 Å². The molecule has 9 heteroatoms. The highest BCUT2D eigenvalue weighted by Gasteiger charge is 2.20. The van der Waals surface area contributed by atoms with Crippen LogP contribution in [-0.2, 0) is 23.1 Å². The van der Waals surface area contributed by atoms with Gasteiger partial charge in [-0.25, -0.2) is 12.7 Å². The Bertz CT molecular complexity index is 1200. The van der Waals surface area contributed by atoms with Gasteiger partial charge in [0.15, 0.2) is 5.78 Å². The summed E-state index contributed by atoms with van der Waals surface area (Å²) in [6, 6.07) is 8.27. The summed E-state index contributed by atoms with van der Waals surface area (Å²) in [4.78, 5) is 26.3. The fourth-order valence-electron chi connectivity index (χ4n) is 3.12. The van der Waals surface area contributed by atoms with Crippen LogP contribution in [0.4, 0.5) is 0 Å².